The summed E-state index contributed by atoms with van der Waals surface area (Å²) >= 11 is 0. The summed E-state index contributed by atoms with van der Waals surface area (Å²) in [4.78, 5) is 2.06. The van der Waals surface area contributed by atoms with Gasteiger partial charge in [0.2, 0.25) is 0 Å². The van der Waals surface area contributed by atoms with E-state index in [0.717, 1.165) is 32.2 Å². The van der Waals surface area contributed by atoms with Crippen LogP contribution in [0.1, 0.15) is 63.8 Å². The Bertz CT molecular complexity index is 883. The molecular formula is C22H27N3. The number of para-hydroxylation sites is 1. The van der Waals surface area contributed by atoms with Crippen LogP contribution in [0.5, 0.6) is 0 Å². The summed E-state index contributed by atoms with van der Waals surface area (Å²) in [6.07, 6.45) is 10.6. The third-order valence-electron chi connectivity index (χ3n) is 6.31. The van der Waals surface area contributed by atoms with E-state index < -0.39 is 0 Å². The Morgan fingerprint density at radius 1 is 1.28 bits per heavy atom. The summed E-state index contributed by atoms with van der Waals surface area (Å²) in [5.74, 6) is 0. The van der Waals surface area contributed by atoms with Crippen molar-refractivity contribution >= 4 is 16.6 Å². The van der Waals surface area contributed by atoms with Gasteiger partial charge in [-0.15, -0.1) is 0 Å². The monoisotopic (exact) mass is 333 g/mol. The van der Waals surface area contributed by atoms with Crippen LogP contribution >= 0.6 is 0 Å². The molecule has 0 saturated carbocycles. The van der Waals surface area contributed by atoms with Crippen LogP contribution in [0.2, 0.25) is 0 Å². The van der Waals surface area contributed by atoms with Gasteiger partial charge in [0.05, 0.1) is 17.3 Å². The predicted molar refractivity (Wildman–Crippen MR) is 103 cm³/mol. The first kappa shape index (κ1) is 16.3. The molecule has 0 bridgehead atoms. The van der Waals surface area contributed by atoms with Crippen LogP contribution < -0.4 is 0 Å². The SMILES string of the molecule is CCCc1c2n(c3ccccc13)C(C)=CC1(CC)CCCN(C#N)C21. The Hall–Kier alpha value is -2.21. The highest BCUT2D eigenvalue weighted by Crippen LogP contribution is 2.55. The molecule has 0 radical (unpaired) electrons. The van der Waals surface area contributed by atoms with Gasteiger partial charge >= 0.3 is 0 Å². The van der Waals surface area contributed by atoms with Crippen LogP contribution in [-0.4, -0.2) is 16.0 Å². The highest BCUT2D eigenvalue weighted by Gasteiger charge is 2.48. The maximum atomic E-state index is 9.87. The Labute approximate surface area is 150 Å². The number of rotatable bonds is 3. The van der Waals surface area contributed by atoms with Gasteiger partial charge in [-0.2, -0.15) is 5.26 Å². The smallest absolute Gasteiger partial charge is 0.179 e. The molecule has 0 aliphatic carbocycles. The zero-order valence-corrected chi connectivity index (χ0v) is 15.5. The van der Waals surface area contributed by atoms with Crippen molar-refractivity contribution in [1.82, 2.24) is 9.47 Å². The van der Waals surface area contributed by atoms with Crippen LogP contribution in [0.4, 0.5) is 0 Å². The molecule has 1 saturated heterocycles. The second-order valence-corrected chi connectivity index (χ2v) is 7.64. The molecule has 1 aromatic carbocycles. The van der Waals surface area contributed by atoms with Gasteiger partial charge in [0.1, 0.15) is 0 Å². The maximum Gasteiger partial charge on any atom is 0.179 e. The molecule has 1 aromatic heterocycles. The van der Waals surface area contributed by atoms with E-state index >= 15 is 0 Å². The summed E-state index contributed by atoms with van der Waals surface area (Å²) in [5, 5.41) is 11.2. The third-order valence-corrected chi connectivity index (χ3v) is 6.31. The molecule has 25 heavy (non-hydrogen) atoms. The van der Waals surface area contributed by atoms with Gasteiger partial charge < -0.3 is 9.47 Å². The lowest BCUT2D eigenvalue weighted by Crippen LogP contribution is -2.46. The zero-order chi connectivity index (χ0) is 17.6. The molecule has 4 rings (SSSR count). The van der Waals surface area contributed by atoms with Gasteiger partial charge in [0, 0.05) is 23.0 Å². The predicted octanol–water partition coefficient (Wildman–Crippen LogP) is 5.48. The molecule has 3 heterocycles. The molecule has 2 aliphatic heterocycles. The highest BCUT2D eigenvalue weighted by atomic mass is 15.2. The number of aromatic nitrogens is 1. The van der Waals surface area contributed by atoms with Crippen LogP contribution in [0.25, 0.3) is 16.6 Å². The van der Waals surface area contributed by atoms with E-state index in [0.29, 0.717) is 0 Å². The summed E-state index contributed by atoms with van der Waals surface area (Å²) in [7, 11) is 0. The topological polar surface area (TPSA) is 32.0 Å². The number of hydrogen-bond acceptors (Lipinski definition) is 2. The van der Waals surface area contributed by atoms with E-state index in [1.807, 2.05) is 0 Å². The van der Waals surface area contributed by atoms with Crippen LogP contribution in [0, 0.1) is 16.9 Å². The fraction of sp³-hybridized carbons (Fsp3) is 0.500. The maximum absolute atomic E-state index is 9.87. The first-order valence-electron chi connectivity index (χ1n) is 9.65. The summed E-state index contributed by atoms with van der Waals surface area (Å²) < 4.78 is 2.44. The first-order valence-corrected chi connectivity index (χ1v) is 9.65. The molecule has 2 atom stereocenters. The standard InChI is InChI=1S/C22H27N3/c1-4-9-18-17-10-6-7-11-19(17)25-16(3)14-22(5-2)12-8-13-24(15-23)21(22)20(18)25/h6-7,10-11,14,21H,4-5,8-9,12-13H2,1-3H3. The number of aryl methyl sites for hydroxylation is 1. The molecule has 2 unspecified atom stereocenters. The molecule has 0 spiro atoms. The summed E-state index contributed by atoms with van der Waals surface area (Å²) in [5.41, 5.74) is 5.54. The molecule has 1 fully saturated rings. The minimum Gasteiger partial charge on any atom is -0.315 e. The molecule has 2 aromatic rings. The van der Waals surface area contributed by atoms with Gasteiger partial charge in [-0.3, -0.25) is 0 Å². The van der Waals surface area contributed by atoms with Crippen molar-refractivity contribution in [2.45, 2.75) is 58.9 Å². The van der Waals surface area contributed by atoms with Gasteiger partial charge in [0.15, 0.2) is 6.19 Å². The van der Waals surface area contributed by atoms with E-state index in [1.165, 1.54) is 34.3 Å². The number of nitriles is 1. The molecular weight excluding hydrogens is 306 g/mol. The molecule has 130 valence electrons. The van der Waals surface area contributed by atoms with E-state index in [-0.39, 0.29) is 11.5 Å². The van der Waals surface area contributed by atoms with Crippen molar-refractivity contribution in [1.29, 1.82) is 5.26 Å². The number of hydrogen-bond donors (Lipinski definition) is 0. The fourth-order valence-corrected chi connectivity index (χ4v) is 5.29. The van der Waals surface area contributed by atoms with Crippen molar-refractivity contribution in [3.8, 4) is 6.19 Å². The van der Waals surface area contributed by atoms with Crippen molar-refractivity contribution in [2.75, 3.05) is 6.54 Å². The van der Waals surface area contributed by atoms with Crippen molar-refractivity contribution in [3.63, 3.8) is 0 Å². The largest absolute Gasteiger partial charge is 0.315 e. The van der Waals surface area contributed by atoms with Gasteiger partial charge in [-0.05, 0) is 44.2 Å². The second kappa shape index (κ2) is 5.95. The average molecular weight is 333 g/mol. The van der Waals surface area contributed by atoms with Crippen LogP contribution in [-0.2, 0) is 6.42 Å². The fourth-order valence-electron chi connectivity index (χ4n) is 5.29. The minimum absolute atomic E-state index is 0.0882. The number of benzene rings is 1. The van der Waals surface area contributed by atoms with Crippen LogP contribution in [0.3, 0.4) is 0 Å². The van der Waals surface area contributed by atoms with Crippen molar-refractivity contribution in [3.05, 3.63) is 41.6 Å². The lowest BCUT2D eigenvalue weighted by molar-refractivity contribution is 0.0777. The molecule has 2 aliphatic rings. The van der Waals surface area contributed by atoms with Gasteiger partial charge in [0.25, 0.3) is 0 Å². The first-order chi connectivity index (χ1) is 12.2. The Balaban J connectivity index is 2.08. The number of likely N-dealkylation sites (tertiary alicyclic amines) is 1. The lowest BCUT2D eigenvalue weighted by atomic mass is 9.67. The molecule has 3 nitrogen and oxygen atoms in total. The van der Waals surface area contributed by atoms with E-state index in [9.17, 15) is 5.26 Å². The highest BCUT2D eigenvalue weighted by molar-refractivity contribution is 5.89. The Morgan fingerprint density at radius 3 is 2.80 bits per heavy atom. The summed E-state index contributed by atoms with van der Waals surface area (Å²) in [6.45, 7) is 7.66. The minimum atomic E-state index is 0.0882. The zero-order valence-electron chi connectivity index (χ0n) is 15.5. The van der Waals surface area contributed by atoms with Crippen molar-refractivity contribution < 1.29 is 0 Å². The Morgan fingerprint density at radius 2 is 2.08 bits per heavy atom. The van der Waals surface area contributed by atoms with Crippen LogP contribution in [0.15, 0.2) is 30.3 Å². The van der Waals surface area contributed by atoms with Crippen molar-refractivity contribution in [2.24, 2.45) is 5.41 Å². The van der Waals surface area contributed by atoms with Gasteiger partial charge in [-0.1, -0.05) is 44.5 Å². The Kier molecular flexibility index (Phi) is 3.87. The second-order valence-electron chi connectivity index (χ2n) is 7.64. The number of allylic oxidation sites excluding steroid dienone is 1. The molecule has 0 N–H and O–H groups in total. The number of nitrogens with zero attached hydrogens (tertiary/aromatic N) is 3. The van der Waals surface area contributed by atoms with E-state index in [4.69, 9.17) is 0 Å². The average Bonchev–Trinajstić information content (AvgIpc) is 2.96. The molecule has 0 amide bonds. The van der Waals surface area contributed by atoms with E-state index in [1.54, 1.807) is 0 Å². The number of fused-ring (bicyclic) bond motifs is 5. The van der Waals surface area contributed by atoms with E-state index in [2.05, 4.69) is 66.8 Å². The van der Waals surface area contributed by atoms with Gasteiger partial charge in [-0.25, -0.2) is 0 Å². The normalized spacial score (nSPS) is 25.3. The molecule has 3 heteroatoms. The lowest BCUT2D eigenvalue weighted by Gasteiger charge is -2.49. The quantitative estimate of drug-likeness (QED) is 0.696. The summed E-state index contributed by atoms with van der Waals surface area (Å²) in [6, 6.07) is 8.93. The third kappa shape index (κ3) is 2.16. The number of piperidine rings is 1.